The molecule has 1 unspecified atom stereocenters. The molecular weight excluding hydrogens is 544 g/mol. The van der Waals surface area contributed by atoms with E-state index < -0.39 is 12.0 Å². The molecule has 1 aromatic heterocycles. The van der Waals surface area contributed by atoms with E-state index >= 15 is 0 Å². The summed E-state index contributed by atoms with van der Waals surface area (Å²) in [7, 11) is 0. The van der Waals surface area contributed by atoms with Gasteiger partial charge in [-0.25, -0.2) is 9.48 Å². The quantitative estimate of drug-likeness (QED) is 0.165. The number of nitrogens with one attached hydrogen (secondary N) is 1. The van der Waals surface area contributed by atoms with Gasteiger partial charge in [0.15, 0.2) is 0 Å². The maximum absolute atomic E-state index is 13.3. The number of ether oxygens (including phenoxy) is 2. The van der Waals surface area contributed by atoms with Crippen molar-refractivity contribution in [2.24, 2.45) is 0 Å². The Balaban J connectivity index is 1.43. The lowest BCUT2D eigenvalue weighted by Gasteiger charge is -2.28. The first-order valence-electron chi connectivity index (χ1n) is 13.1. The third-order valence-corrected chi connectivity index (χ3v) is 7.82. The molecule has 1 aliphatic heterocycles. The maximum Gasteiger partial charge on any atom is 0.338 e. The van der Waals surface area contributed by atoms with Crippen molar-refractivity contribution in [3.63, 3.8) is 0 Å². The lowest BCUT2D eigenvalue weighted by Crippen LogP contribution is -2.30. The number of anilines is 1. The largest absolute Gasteiger partial charge is 0.489 e. The van der Waals surface area contributed by atoms with Gasteiger partial charge in [-0.3, -0.25) is 0 Å². The van der Waals surface area contributed by atoms with Crippen molar-refractivity contribution in [3.05, 3.63) is 111 Å². The molecule has 0 saturated heterocycles. The third-order valence-electron chi connectivity index (χ3n) is 6.56. The van der Waals surface area contributed by atoms with E-state index in [0.717, 1.165) is 22.4 Å². The zero-order valence-electron chi connectivity index (χ0n) is 22.8. The number of nitrogens with zero attached hydrogens (tertiary/aromatic N) is 3. The molecule has 4 aromatic rings. The van der Waals surface area contributed by atoms with Gasteiger partial charge in [0.1, 0.15) is 18.4 Å². The highest BCUT2D eigenvalue weighted by Crippen LogP contribution is 2.38. The molecule has 0 aliphatic carbocycles. The van der Waals surface area contributed by atoms with Crippen LogP contribution in [0.25, 0.3) is 0 Å². The topological polar surface area (TPSA) is 78.3 Å². The lowest BCUT2D eigenvalue weighted by molar-refractivity contribution is -0.143. The Morgan fingerprint density at radius 2 is 1.73 bits per heavy atom. The number of halogens is 1. The van der Waals surface area contributed by atoms with Crippen molar-refractivity contribution in [2.75, 3.05) is 5.32 Å². The molecule has 0 saturated carbocycles. The summed E-state index contributed by atoms with van der Waals surface area (Å²) in [6.45, 7) is 8.08. The first kappa shape index (κ1) is 27.8. The number of aromatic nitrogens is 3. The lowest BCUT2D eigenvalue weighted by atomic mass is 9.95. The van der Waals surface area contributed by atoms with Crippen LogP contribution in [-0.4, -0.2) is 26.8 Å². The number of hydrogen-bond donors (Lipinski definition) is 1. The Hall–Kier alpha value is -3.75. The first-order chi connectivity index (χ1) is 19.3. The fourth-order valence-corrected chi connectivity index (χ4v) is 5.59. The number of rotatable bonds is 9. The molecule has 0 fully saturated rings. The first-order valence-corrected chi connectivity index (χ1v) is 14.4. The van der Waals surface area contributed by atoms with Crippen molar-refractivity contribution >= 4 is 35.3 Å². The van der Waals surface area contributed by atoms with Crippen LogP contribution >= 0.6 is 23.4 Å². The van der Waals surface area contributed by atoms with Crippen LogP contribution in [0.15, 0.2) is 89.2 Å². The fourth-order valence-electron chi connectivity index (χ4n) is 4.48. The number of esters is 1. The number of thioether (sulfide) groups is 1. The highest BCUT2D eigenvalue weighted by Gasteiger charge is 2.35. The van der Waals surface area contributed by atoms with Crippen molar-refractivity contribution in [3.8, 4) is 5.75 Å². The van der Waals surface area contributed by atoms with E-state index in [2.05, 4.69) is 24.4 Å². The summed E-state index contributed by atoms with van der Waals surface area (Å²) in [5.41, 5.74) is 5.36. The molecule has 9 heteroatoms. The molecule has 7 nitrogen and oxygen atoms in total. The predicted molar refractivity (Wildman–Crippen MR) is 159 cm³/mol. The van der Waals surface area contributed by atoms with Gasteiger partial charge in [-0.15, -0.1) is 5.10 Å². The normalized spacial score (nSPS) is 14.6. The van der Waals surface area contributed by atoms with Gasteiger partial charge in [-0.05, 0) is 68.1 Å². The Bertz CT molecular complexity index is 1550. The fraction of sp³-hybridized carbons (Fsp3) is 0.258. The van der Waals surface area contributed by atoms with Gasteiger partial charge in [0.2, 0.25) is 11.1 Å². The van der Waals surface area contributed by atoms with Gasteiger partial charge in [0.25, 0.3) is 0 Å². The molecule has 5 rings (SSSR count). The highest BCUT2D eigenvalue weighted by molar-refractivity contribution is 7.98. The second kappa shape index (κ2) is 12.2. The third kappa shape index (κ3) is 6.18. The second-order valence-electron chi connectivity index (χ2n) is 9.85. The molecule has 0 radical (unpaired) electrons. The van der Waals surface area contributed by atoms with E-state index in [9.17, 15) is 4.79 Å². The van der Waals surface area contributed by atoms with Gasteiger partial charge < -0.3 is 14.8 Å². The molecular formula is C31H31ClN4O3S. The molecule has 1 atom stereocenters. The van der Waals surface area contributed by atoms with Crippen molar-refractivity contribution in [1.29, 1.82) is 0 Å². The Kier molecular flexibility index (Phi) is 8.47. The van der Waals surface area contributed by atoms with Crippen molar-refractivity contribution < 1.29 is 14.3 Å². The van der Waals surface area contributed by atoms with Crippen LogP contribution in [0.5, 0.6) is 5.75 Å². The van der Waals surface area contributed by atoms with Gasteiger partial charge >= 0.3 is 5.97 Å². The number of aryl methyl sites for hydroxylation is 1. The summed E-state index contributed by atoms with van der Waals surface area (Å²) in [5, 5.41) is 9.34. The molecule has 0 spiro atoms. The summed E-state index contributed by atoms with van der Waals surface area (Å²) in [5.74, 6) is 1.53. The van der Waals surface area contributed by atoms with Crippen LogP contribution < -0.4 is 10.1 Å². The Morgan fingerprint density at radius 1 is 1.02 bits per heavy atom. The minimum absolute atomic E-state index is 0.260. The van der Waals surface area contributed by atoms with Crippen molar-refractivity contribution in [1.82, 2.24) is 14.8 Å². The number of fused-ring (bicyclic) bond motifs is 1. The van der Waals surface area contributed by atoms with Gasteiger partial charge in [-0.1, -0.05) is 78.0 Å². The minimum Gasteiger partial charge on any atom is -0.489 e. The number of benzene rings is 3. The SMILES string of the molecule is CC1=C(C(=O)OC(C)C)C(c2ccc(OCc3ccccc3C)cc2)n2nc(SCc3ccccc3Cl)nc2N1. The van der Waals surface area contributed by atoms with Crippen LogP contribution in [0.3, 0.4) is 0 Å². The number of carbonyl (C=O) groups excluding carboxylic acids is 1. The van der Waals surface area contributed by atoms with Gasteiger partial charge in [0.05, 0.1) is 11.7 Å². The number of carbonyl (C=O) groups is 1. The molecule has 206 valence electrons. The molecule has 0 bridgehead atoms. The standard InChI is InChI=1S/C31H31ClN4O3S/c1-19(2)39-29(37)27-21(4)33-30-34-31(40-18-24-11-7-8-12-26(24)32)35-36(30)28(27)22-13-15-25(16-14-22)38-17-23-10-6-5-9-20(23)3/h5-16,19,28H,17-18H2,1-4H3,(H,33,34,35). The van der Waals surface area contributed by atoms with E-state index in [4.69, 9.17) is 31.2 Å². The maximum atomic E-state index is 13.3. The molecule has 2 heterocycles. The number of hydrogen-bond acceptors (Lipinski definition) is 7. The minimum atomic E-state index is -0.518. The van der Waals surface area contributed by atoms with Gasteiger partial charge in [-0.2, -0.15) is 4.98 Å². The Labute approximate surface area is 243 Å². The zero-order valence-corrected chi connectivity index (χ0v) is 24.4. The van der Waals surface area contributed by atoms with Crippen LogP contribution in [0, 0.1) is 6.92 Å². The molecule has 3 aromatic carbocycles. The molecule has 1 aliphatic rings. The molecule has 0 amide bonds. The Morgan fingerprint density at radius 3 is 2.42 bits per heavy atom. The summed E-state index contributed by atoms with van der Waals surface area (Å²) < 4.78 is 13.4. The van der Waals surface area contributed by atoms with Crippen molar-refractivity contribution in [2.45, 2.75) is 57.4 Å². The molecule has 40 heavy (non-hydrogen) atoms. The zero-order chi connectivity index (χ0) is 28.2. The average molecular weight is 575 g/mol. The summed E-state index contributed by atoms with van der Waals surface area (Å²) in [4.78, 5) is 18.0. The second-order valence-corrected chi connectivity index (χ2v) is 11.2. The summed E-state index contributed by atoms with van der Waals surface area (Å²) in [6, 6.07) is 23.1. The molecule has 1 N–H and O–H groups in total. The van der Waals surface area contributed by atoms with E-state index in [1.54, 1.807) is 4.68 Å². The predicted octanol–water partition coefficient (Wildman–Crippen LogP) is 7.35. The smallest absolute Gasteiger partial charge is 0.338 e. The van der Waals surface area contributed by atoms with Crippen LogP contribution in [0.4, 0.5) is 5.95 Å². The average Bonchev–Trinajstić information content (AvgIpc) is 3.33. The van der Waals surface area contributed by atoms with Crippen LogP contribution in [0.1, 0.15) is 49.1 Å². The van der Waals surface area contributed by atoms with E-state index in [-0.39, 0.29) is 6.10 Å². The monoisotopic (exact) mass is 574 g/mol. The van der Waals surface area contributed by atoms with E-state index in [0.29, 0.717) is 39.8 Å². The van der Waals surface area contributed by atoms with E-state index in [1.807, 2.05) is 81.4 Å². The van der Waals surface area contributed by atoms with Crippen LogP contribution in [-0.2, 0) is 21.9 Å². The summed E-state index contributed by atoms with van der Waals surface area (Å²) in [6.07, 6.45) is -0.260. The number of allylic oxidation sites excluding steroid dienone is 1. The van der Waals surface area contributed by atoms with Gasteiger partial charge in [0, 0.05) is 16.5 Å². The van der Waals surface area contributed by atoms with E-state index in [1.165, 1.54) is 17.3 Å². The summed E-state index contributed by atoms with van der Waals surface area (Å²) >= 11 is 7.83. The van der Waals surface area contributed by atoms with Crippen LogP contribution in [0.2, 0.25) is 5.02 Å². The highest BCUT2D eigenvalue weighted by atomic mass is 35.5.